The third-order valence-electron chi connectivity index (χ3n) is 2.81. The smallest absolute Gasteiger partial charge is 0.266 e. The van der Waals surface area contributed by atoms with Crippen LogP contribution in [0.4, 0.5) is 0 Å². The molecule has 0 aliphatic carbocycles. The van der Waals surface area contributed by atoms with Gasteiger partial charge in [-0.3, -0.25) is 4.55 Å². The summed E-state index contributed by atoms with van der Waals surface area (Å²) >= 11 is -2.20. The monoisotopic (exact) mass is 300 g/mol. The van der Waals surface area contributed by atoms with E-state index in [1.807, 2.05) is 0 Å². The average Bonchev–Trinajstić information content (AvgIpc) is 2.24. The Hall–Kier alpha value is 0.0200. The van der Waals surface area contributed by atoms with Crippen molar-refractivity contribution in [3.63, 3.8) is 0 Å². The maximum absolute atomic E-state index is 10.9. The van der Waals surface area contributed by atoms with E-state index in [1.54, 1.807) is 0 Å². The lowest BCUT2D eigenvalue weighted by molar-refractivity contribution is 0.473. The maximum Gasteiger partial charge on any atom is 0.266 e. The zero-order chi connectivity index (χ0) is 14.0. The predicted molar refractivity (Wildman–Crippen MR) is 73.6 cm³/mol. The van der Waals surface area contributed by atoms with Gasteiger partial charge in [-0.2, -0.15) is 8.42 Å². The molecule has 2 N–H and O–H groups in total. The summed E-state index contributed by atoms with van der Waals surface area (Å²) in [5, 5.41) is -0.879. The Morgan fingerprint density at radius 3 is 2.00 bits per heavy atom. The molecular formula is C11H24O5S2. The first-order valence-corrected chi connectivity index (χ1v) is 9.19. The van der Waals surface area contributed by atoms with Gasteiger partial charge in [0.25, 0.3) is 10.1 Å². The number of unbranched alkanes of at least 4 members (excludes halogenated alkanes) is 6. The van der Waals surface area contributed by atoms with Crippen molar-refractivity contribution in [2.24, 2.45) is 0 Å². The number of rotatable bonds is 11. The summed E-state index contributed by atoms with van der Waals surface area (Å²) in [5.41, 5.74) is 0. The third kappa shape index (κ3) is 11.1. The summed E-state index contributed by atoms with van der Waals surface area (Å²) in [6.07, 6.45) is 7.86. The molecule has 0 aromatic carbocycles. The van der Waals surface area contributed by atoms with Crippen LogP contribution in [0.5, 0.6) is 0 Å². The molecular weight excluding hydrogens is 276 g/mol. The molecule has 0 aliphatic heterocycles. The van der Waals surface area contributed by atoms with Gasteiger partial charge < -0.3 is 4.55 Å². The first-order chi connectivity index (χ1) is 8.37. The number of hydrogen-bond acceptors (Lipinski definition) is 3. The van der Waals surface area contributed by atoms with Crippen molar-refractivity contribution in [3.05, 3.63) is 0 Å². The van der Waals surface area contributed by atoms with Crippen molar-refractivity contribution >= 4 is 21.2 Å². The van der Waals surface area contributed by atoms with Crippen molar-refractivity contribution in [1.29, 1.82) is 0 Å². The Bertz CT molecular complexity index is 326. The first kappa shape index (κ1) is 18.0. The molecule has 0 radical (unpaired) electrons. The molecule has 110 valence electrons. The fourth-order valence-corrected chi connectivity index (χ4v) is 3.79. The van der Waals surface area contributed by atoms with E-state index < -0.39 is 32.2 Å². The third-order valence-corrected chi connectivity index (χ3v) is 4.82. The van der Waals surface area contributed by atoms with Gasteiger partial charge in [0.1, 0.15) is 0 Å². The summed E-state index contributed by atoms with van der Waals surface area (Å²) in [6, 6.07) is 0. The highest BCUT2D eigenvalue weighted by Crippen LogP contribution is 2.13. The maximum atomic E-state index is 10.9. The highest BCUT2D eigenvalue weighted by Gasteiger charge is 2.21. The zero-order valence-corrected chi connectivity index (χ0v) is 12.5. The Balaban J connectivity index is 3.75. The molecule has 0 saturated heterocycles. The fraction of sp³-hybridized carbons (Fsp3) is 1.00. The van der Waals surface area contributed by atoms with Crippen molar-refractivity contribution in [1.82, 2.24) is 0 Å². The van der Waals surface area contributed by atoms with Crippen LogP contribution in [0.2, 0.25) is 0 Å². The molecule has 7 heteroatoms. The lowest BCUT2D eigenvalue weighted by Gasteiger charge is -2.10. The quantitative estimate of drug-likeness (QED) is 0.347. The minimum Gasteiger partial charge on any atom is -0.306 e. The van der Waals surface area contributed by atoms with Crippen LogP contribution in [0.15, 0.2) is 0 Å². The molecule has 0 saturated carbocycles. The standard InChI is InChI=1S/C11H24O5S2/c1-2-3-4-5-6-7-8-9-11(17(12)13)10-18(14,15)16/h11H,2-10H2,1H3,(H,12,13)(H,14,15,16). The highest BCUT2D eigenvalue weighted by molar-refractivity contribution is 7.87. The van der Waals surface area contributed by atoms with Gasteiger partial charge in [-0.05, 0) is 6.42 Å². The molecule has 2 atom stereocenters. The molecule has 0 heterocycles. The summed E-state index contributed by atoms with van der Waals surface area (Å²) < 4.78 is 49.9. The largest absolute Gasteiger partial charge is 0.306 e. The Morgan fingerprint density at radius 1 is 1.06 bits per heavy atom. The van der Waals surface area contributed by atoms with Crippen LogP contribution in [0.1, 0.15) is 58.3 Å². The SMILES string of the molecule is CCCCCCCCCC(CS(=O)(=O)O)S(=O)O. The van der Waals surface area contributed by atoms with Crippen molar-refractivity contribution in [2.45, 2.75) is 63.5 Å². The van der Waals surface area contributed by atoms with Crippen molar-refractivity contribution in [3.8, 4) is 0 Å². The Morgan fingerprint density at radius 2 is 1.56 bits per heavy atom. The Labute approximate surface area is 112 Å². The van der Waals surface area contributed by atoms with Gasteiger partial charge in [0, 0.05) is 0 Å². The van der Waals surface area contributed by atoms with Crippen LogP contribution >= 0.6 is 0 Å². The first-order valence-electron chi connectivity index (χ1n) is 6.41. The van der Waals surface area contributed by atoms with Gasteiger partial charge in [0.2, 0.25) is 0 Å². The highest BCUT2D eigenvalue weighted by atomic mass is 32.2. The van der Waals surface area contributed by atoms with Crippen LogP contribution in [0.3, 0.4) is 0 Å². The second kappa shape index (κ2) is 9.89. The van der Waals surface area contributed by atoms with E-state index in [9.17, 15) is 12.6 Å². The van der Waals surface area contributed by atoms with Crippen LogP contribution in [-0.2, 0) is 21.2 Å². The van der Waals surface area contributed by atoms with E-state index in [0.717, 1.165) is 25.7 Å². The summed E-state index contributed by atoms with van der Waals surface area (Å²) in [7, 11) is -4.18. The molecule has 2 unspecified atom stereocenters. The van der Waals surface area contributed by atoms with Gasteiger partial charge in [0.05, 0.1) is 11.0 Å². The predicted octanol–water partition coefficient (Wildman–Crippen LogP) is 2.61. The molecule has 0 aromatic rings. The van der Waals surface area contributed by atoms with Gasteiger partial charge in [0.15, 0.2) is 11.1 Å². The summed E-state index contributed by atoms with van der Waals surface area (Å²) in [6.45, 7) is 2.15. The zero-order valence-electron chi connectivity index (χ0n) is 10.9. The van der Waals surface area contributed by atoms with Gasteiger partial charge >= 0.3 is 0 Å². The normalized spacial score (nSPS) is 15.5. The summed E-state index contributed by atoms with van der Waals surface area (Å²) in [4.78, 5) is 0. The van der Waals surface area contributed by atoms with E-state index in [-0.39, 0.29) is 0 Å². The van der Waals surface area contributed by atoms with Crippen molar-refractivity contribution < 1.29 is 21.7 Å². The second-order valence-electron chi connectivity index (χ2n) is 4.56. The van der Waals surface area contributed by atoms with E-state index in [0.29, 0.717) is 6.42 Å². The van der Waals surface area contributed by atoms with Crippen LogP contribution in [0.25, 0.3) is 0 Å². The van der Waals surface area contributed by atoms with Crippen LogP contribution in [-0.4, -0.2) is 32.7 Å². The van der Waals surface area contributed by atoms with Gasteiger partial charge in [-0.15, -0.1) is 0 Å². The van der Waals surface area contributed by atoms with E-state index in [4.69, 9.17) is 9.11 Å². The second-order valence-corrected chi connectivity index (χ2v) is 7.27. The van der Waals surface area contributed by atoms with Crippen molar-refractivity contribution in [2.75, 3.05) is 5.75 Å². The topological polar surface area (TPSA) is 91.7 Å². The number of hydrogen-bond donors (Lipinski definition) is 2. The summed E-state index contributed by atoms with van der Waals surface area (Å²) in [5.74, 6) is -0.633. The molecule has 0 aliphatic rings. The Kier molecular flexibility index (Phi) is 9.90. The van der Waals surface area contributed by atoms with E-state index in [1.165, 1.54) is 19.3 Å². The van der Waals surface area contributed by atoms with E-state index in [2.05, 4.69) is 6.92 Å². The van der Waals surface area contributed by atoms with Gasteiger partial charge in [-0.1, -0.05) is 51.9 Å². The fourth-order valence-electron chi connectivity index (χ4n) is 1.81. The van der Waals surface area contributed by atoms with Gasteiger partial charge in [-0.25, -0.2) is 4.21 Å². The lowest BCUT2D eigenvalue weighted by atomic mass is 10.1. The van der Waals surface area contributed by atoms with Crippen LogP contribution in [0, 0.1) is 0 Å². The molecule has 18 heavy (non-hydrogen) atoms. The molecule has 0 spiro atoms. The molecule has 0 rings (SSSR count). The average molecular weight is 300 g/mol. The van der Waals surface area contributed by atoms with E-state index >= 15 is 0 Å². The lowest BCUT2D eigenvalue weighted by Crippen LogP contribution is -2.25. The van der Waals surface area contributed by atoms with Crippen LogP contribution < -0.4 is 0 Å². The molecule has 0 bridgehead atoms. The minimum atomic E-state index is -4.18. The molecule has 0 aromatic heterocycles. The molecule has 0 fully saturated rings. The molecule has 0 amide bonds. The molecule has 5 nitrogen and oxygen atoms in total. The minimum absolute atomic E-state index is 0.358.